The molecule has 0 aliphatic carbocycles. The lowest BCUT2D eigenvalue weighted by Gasteiger charge is -2.15. The van der Waals surface area contributed by atoms with E-state index in [0.717, 1.165) is 19.3 Å². The van der Waals surface area contributed by atoms with Crippen molar-refractivity contribution < 1.29 is 13.9 Å². The first kappa shape index (κ1) is 14.1. The second-order valence-corrected chi connectivity index (χ2v) is 4.12. The number of hydrogen-bond acceptors (Lipinski definition) is 1. The molecule has 0 heterocycles. The number of hydrogen-bond donors (Lipinski definition) is 1. The van der Waals surface area contributed by atoms with E-state index in [9.17, 15) is 8.78 Å². The number of unbranched alkanes of at least 4 members (excludes halogenated alkanes) is 5. The zero-order valence-corrected chi connectivity index (χ0v) is 9.36. The SMILES string of the molecule is CCCCCCCC[C@H](O)C(F)(F)Cl. The van der Waals surface area contributed by atoms with Crippen LogP contribution in [0.5, 0.6) is 0 Å². The summed E-state index contributed by atoms with van der Waals surface area (Å²) in [6.45, 7) is 2.12. The molecule has 0 aliphatic heterocycles. The van der Waals surface area contributed by atoms with Crippen LogP contribution >= 0.6 is 11.6 Å². The van der Waals surface area contributed by atoms with E-state index in [4.69, 9.17) is 5.11 Å². The highest BCUT2D eigenvalue weighted by molar-refractivity contribution is 6.22. The van der Waals surface area contributed by atoms with Gasteiger partial charge in [0, 0.05) is 0 Å². The zero-order valence-electron chi connectivity index (χ0n) is 8.61. The summed E-state index contributed by atoms with van der Waals surface area (Å²) in [5.41, 5.74) is 0. The Hall–Kier alpha value is 0.110. The van der Waals surface area contributed by atoms with E-state index >= 15 is 0 Å². The molecular weight excluding hydrogens is 210 g/mol. The quantitative estimate of drug-likeness (QED) is 0.493. The molecule has 0 rings (SSSR count). The van der Waals surface area contributed by atoms with Crippen LogP contribution in [0.4, 0.5) is 8.78 Å². The van der Waals surface area contributed by atoms with Crippen LogP contribution in [0.25, 0.3) is 0 Å². The van der Waals surface area contributed by atoms with E-state index in [1.165, 1.54) is 12.8 Å². The number of aliphatic hydroxyl groups is 1. The number of alkyl halides is 3. The Kier molecular flexibility index (Phi) is 7.47. The van der Waals surface area contributed by atoms with Gasteiger partial charge in [0.2, 0.25) is 0 Å². The van der Waals surface area contributed by atoms with Crippen LogP contribution in [0, 0.1) is 0 Å². The summed E-state index contributed by atoms with van der Waals surface area (Å²) < 4.78 is 24.5. The molecule has 14 heavy (non-hydrogen) atoms. The molecule has 0 aromatic carbocycles. The molecule has 1 nitrogen and oxygen atoms in total. The van der Waals surface area contributed by atoms with Crippen molar-refractivity contribution in [2.75, 3.05) is 0 Å². The summed E-state index contributed by atoms with van der Waals surface area (Å²) in [5.74, 6) is 0. The van der Waals surface area contributed by atoms with Gasteiger partial charge in [0.05, 0.1) is 0 Å². The maximum Gasteiger partial charge on any atom is 0.347 e. The van der Waals surface area contributed by atoms with Crippen molar-refractivity contribution in [3.05, 3.63) is 0 Å². The molecule has 0 aromatic heterocycles. The van der Waals surface area contributed by atoms with Gasteiger partial charge in [0.15, 0.2) is 0 Å². The fourth-order valence-electron chi connectivity index (χ4n) is 1.28. The molecule has 0 radical (unpaired) electrons. The van der Waals surface area contributed by atoms with Crippen molar-refractivity contribution >= 4 is 11.6 Å². The lowest BCUT2D eigenvalue weighted by molar-refractivity contribution is -0.0452. The highest BCUT2D eigenvalue weighted by Gasteiger charge is 2.34. The highest BCUT2D eigenvalue weighted by atomic mass is 35.5. The van der Waals surface area contributed by atoms with E-state index in [-0.39, 0.29) is 6.42 Å². The van der Waals surface area contributed by atoms with Crippen molar-refractivity contribution in [1.29, 1.82) is 0 Å². The average Bonchev–Trinajstić information content (AvgIpc) is 2.09. The van der Waals surface area contributed by atoms with Gasteiger partial charge >= 0.3 is 5.38 Å². The Balaban J connectivity index is 3.28. The van der Waals surface area contributed by atoms with Gasteiger partial charge in [-0.1, -0.05) is 45.4 Å². The lowest BCUT2D eigenvalue weighted by Crippen LogP contribution is -2.26. The zero-order chi connectivity index (χ0) is 11.0. The Labute approximate surface area is 89.5 Å². The minimum atomic E-state index is -3.47. The third-order valence-electron chi connectivity index (χ3n) is 2.21. The second kappa shape index (κ2) is 7.41. The van der Waals surface area contributed by atoms with Crippen LogP contribution in [0.2, 0.25) is 0 Å². The van der Waals surface area contributed by atoms with Crippen molar-refractivity contribution in [1.82, 2.24) is 0 Å². The maximum absolute atomic E-state index is 12.3. The van der Waals surface area contributed by atoms with Gasteiger partial charge in [-0.2, -0.15) is 8.78 Å². The molecule has 0 saturated carbocycles. The molecule has 0 fully saturated rings. The van der Waals surface area contributed by atoms with Gasteiger partial charge in [0.1, 0.15) is 6.10 Å². The van der Waals surface area contributed by atoms with E-state index in [1.807, 2.05) is 0 Å². The van der Waals surface area contributed by atoms with Gasteiger partial charge < -0.3 is 5.11 Å². The largest absolute Gasteiger partial charge is 0.385 e. The van der Waals surface area contributed by atoms with Gasteiger partial charge in [-0.15, -0.1) is 0 Å². The van der Waals surface area contributed by atoms with Crippen LogP contribution in [-0.4, -0.2) is 16.6 Å². The van der Waals surface area contributed by atoms with Crippen molar-refractivity contribution in [3.63, 3.8) is 0 Å². The molecule has 1 atom stereocenters. The van der Waals surface area contributed by atoms with Gasteiger partial charge in [-0.05, 0) is 18.0 Å². The third kappa shape index (κ3) is 7.51. The first-order chi connectivity index (χ1) is 6.48. The normalized spacial score (nSPS) is 14.4. The average molecular weight is 229 g/mol. The minimum Gasteiger partial charge on any atom is -0.385 e. The summed E-state index contributed by atoms with van der Waals surface area (Å²) in [7, 11) is 0. The fourth-order valence-corrected chi connectivity index (χ4v) is 1.39. The summed E-state index contributed by atoms with van der Waals surface area (Å²) in [6, 6.07) is 0. The predicted octanol–water partition coefficient (Wildman–Crippen LogP) is 3.93. The molecule has 0 unspecified atom stereocenters. The number of halogens is 3. The maximum atomic E-state index is 12.3. The van der Waals surface area contributed by atoms with Crippen molar-refractivity contribution in [3.8, 4) is 0 Å². The van der Waals surface area contributed by atoms with Crippen molar-refractivity contribution in [2.45, 2.75) is 63.4 Å². The Morgan fingerprint density at radius 1 is 1.14 bits per heavy atom. The highest BCUT2D eigenvalue weighted by Crippen LogP contribution is 2.26. The molecular formula is C10H19ClF2O. The summed E-state index contributed by atoms with van der Waals surface area (Å²) in [6.07, 6.45) is 4.45. The number of aliphatic hydroxyl groups excluding tert-OH is 1. The summed E-state index contributed by atoms with van der Waals surface area (Å²) >= 11 is 4.66. The molecule has 0 aliphatic rings. The fraction of sp³-hybridized carbons (Fsp3) is 1.00. The van der Waals surface area contributed by atoms with E-state index in [2.05, 4.69) is 18.5 Å². The monoisotopic (exact) mass is 228 g/mol. The molecule has 0 bridgehead atoms. The predicted molar refractivity (Wildman–Crippen MR) is 54.8 cm³/mol. The first-order valence-electron chi connectivity index (χ1n) is 5.23. The molecule has 4 heteroatoms. The van der Waals surface area contributed by atoms with E-state index in [0.29, 0.717) is 6.42 Å². The molecule has 0 aromatic rings. The van der Waals surface area contributed by atoms with E-state index < -0.39 is 11.5 Å². The Morgan fingerprint density at radius 3 is 2.14 bits per heavy atom. The second-order valence-electron chi connectivity index (χ2n) is 3.61. The summed E-state index contributed by atoms with van der Waals surface area (Å²) in [4.78, 5) is 0. The van der Waals surface area contributed by atoms with Gasteiger partial charge in [-0.3, -0.25) is 0 Å². The smallest absolute Gasteiger partial charge is 0.347 e. The van der Waals surface area contributed by atoms with Crippen LogP contribution < -0.4 is 0 Å². The van der Waals surface area contributed by atoms with E-state index in [1.54, 1.807) is 0 Å². The topological polar surface area (TPSA) is 20.2 Å². The molecule has 0 saturated heterocycles. The molecule has 0 amide bonds. The van der Waals surface area contributed by atoms with Crippen molar-refractivity contribution in [2.24, 2.45) is 0 Å². The van der Waals surface area contributed by atoms with Gasteiger partial charge in [0.25, 0.3) is 0 Å². The standard InChI is InChI=1S/C10H19ClF2O/c1-2-3-4-5-6-7-8-9(14)10(11,12)13/h9,14H,2-8H2,1H3/t9-/m0/s1. The molecule has 0 spiro atoms. The Morgan fingerprint density at radius 2 is 1.64 bits per heavy atom. The minimum absolute atomic E-state index is 0.0859. The molecule has 1 N–H and O–H groups in total. The van der Waals surface area contributed by atoms with Crippen LogP contribution in [-0.2, 0) is 0 Å². The van der Waals surface area contributed by atoms with Crippen LogP contribution in [0.15, 0.2) is 0 Å². The first-order valence-corrected chi connectivity index (χ1v) is 5.61. The number of rotatable bonds is 8. The van der Waals surface area contributed by atoms with Gasteiger partial charge in [-0.25, -0.2) is 0 Å². The lowest BCUT2D eigenvalue weighted by atomic mass is 10.1. The third-order valence-corrected chi connectivity index (χ3v) is 2.46. The molecule has 86 valence electrons. The summed E-state index contributed by atoms with van der Waals surface area (Å²) in [5, 5.41) is 5.44. The van der Waals surface area contributed by atoms with Crippen LogP contribution in [0.3, 0.4) is 0 Å². The Bertz CT molecular complexity index is 137. The van der Waals surface area contributed by atoms with Crippen LogP contribution in [0.1, 0.15) is 51.9 Å².